The molecule has 0 amide bonds. The van der Waals surface area contributed by atoms with Crippen LogP contribution in [0.15, 0.2) is 48.5 Å². The number of hydrogen-bond acceptors (Lipinski definition) is 2. The molecule has 0 radical (unpaired) electrons. The molecule has 0 aliphatic carbocycles. The smallest absolute Gasteiger partial charge is 0.416 e. The Morgan fingerprint density at radius 2 is 1.23 bits per heavy atom. The Labute approximate surface area is 127 Å². The fourth-order valence-electron chi connectivity index (χ4n) is 1.89. The normalized spacial score (nSPS) is 12.1. The minimum absolute atomic E-state index is 0.0458. The molecule has 0 aliphatic heterocycles. The minimum atomic E-state index is -4.33. The molecule has 2 nitrogen and oxygen atoms in total. The van der Waals surface area contributed by atoms with Gasteiger partial charge >= 0.3 is 6.18 Å². The van der Waals surface area contributed by atoms with E-state index in [0.717, 1.165) is 17.8 Å². The molecule has 2 aromatic rings. The zero-order valence-electron chi connectivity index (χ0n) is 12.7. The van der Waals surface area contributed by atoms with Gasteiger partial charge in [-0.2, -0.15) is 13.2 Å². The van der Waals surface area contributed by atoms with Gasteiger partial charge in [0.05, 0.1) is 5.56 Å². The van der Waals surface area contributed by atoms with E-state index in [1.54, 1.807) is 12.1 Å². The summed E-state index contributed by atoms with van der Waals surface area (Å²) in [5.74, 6) is 0.934. The molecule has 1 N–H and O–H groups in total. The highest BCUT2D eigenvalue weighted by Crippen LogP contribution is 2.31. The van der Waals surface area contributed by atoms with E-state index in [-0.39, 0.29) is 5.54 Å². The fraction of sp³-hybridized carbons (Fsp3) is 0.294. The highest BCUT2D eigenvalue weighted by Gasteiger charge is 2.30. The first kappa shape index (κ1) is 16.2. The maximum Gasteiger partial charge on any atom is 0.416 e. The Morgan fingerprint density at radius 1 is 0.773 bits per heavy atom. The summed E-state index contributed by atoms with van der Waals surface area (Å²) in [5, 5.41) is 3.32. The van der Waals surface area contributed by atoms with E-state index >= 15 is 0 Å². The number of rotatable bonds is 3. The van der Waals surface area contributed by atoms with Crippen LogP contribution in [-0.2, 0) is 6.18 Å². The van der Waals surface area contributed by atoms with Crippen LogP contribution in [-0.4, -0.2) is 5.54 Å². The van der Waals surface area contributed by atoms with Crippen LogP contribution in [0.5, 0.6) is 11.5 Å². The first-order chi connectivity index (χ1) is 10.1. The number of hydrogen-bond donors (Lipinski definition) is 1. The van der Waals surface area contributed by atoms with Crippen molar-refractivity contribution in [3.8, 4) is 11.5 Å². The lowest BCUT2D eigenvalue weighted by molar-refractivity contribution is -0.137. The van der Waals surface area contributed by atoms with Crippen molar-refractivity contribution in [2.75, 3.05) is 5.32 Å². The van der Waals surface area contributed by atoms with Gasteiger partial charge in [-0.1, -0.05) is 0 Å². The third kappa shape index (κ3) is 4.69. The van der Waals surface area contributed by atoms with Gasteiger partial charge in [-0.25, -0.2) is 0 Å². The average molecular weight is 309 g/mol. The lowest BCUT2D eigenvalue weighted by Crippen LogP contribution is -2.25. The van der Waals surface area contributed by atoms with Crippen molar-refractivity contribution in [1.29, 1.82) is 0 Å². The average Bonchev–Trinajstić information content (AvgIpc) is 2.39. The highest BCUT2D eigenvalue weighted by molar-refractivity contribution is 5.48. The summed E-state index contributed by atoms with van der Waals surface area (Å²) in [7, 11) is 0. The summed E-state index contributed by atoms with van der Waals surface area (Å²) in [6, 6.07) is 11.9. The van der Waals surface area contributed by atoms with Crippen LogP contribution in [0.3, 0.4) is 0 Å². The van der Waals surface area contributed by atoms with Crippen molar-refractivity contribution in [3.05, 3.63) is 54.1 Å². The predicted octanol–water partition coefficient (Wildman–Crippen LogP) is 5.71. The lowest BCUT2D eigenvalue weighted by Gasteiger charge is -2.22. The van der Waals surface area contributed by atoms with Crippen LogP contribution >= 0.6 is 0 Å². The number of nitrogens with one attached hydrogen (secondary N) is 1. The summed E-state index contributed by atoms with van der Waals surface area (Å²) in [4.78, 5) is 0. The third-order valence-electron chi connectivity index (χ3n) is 2.79. The maximum absolute atomic E-state index is 12.5. The standard InChI is InChI=1S/C17H18F3NO/c1-16(2,3)21-13-6-10-15(11-7-13)22-14-8-4-12(5-9-14)17(18,19)20/h4-11,21H,1-3H3. The number of anilines is 1. The molecule has 5 heteroatoms. The van der Waals surface area contributed by atoms with Crippen LogP contribution in [0.2, 0.25) is 0 Å². The van der Waals surface area contributed by atoms with Crippen molar-refractivity contribution in [1.82, 2.24) is 0 Å². The quantitative estimate of drug-likeness (QED) is 0.784. The zero-order valence-corrected chi connectivity index (χ0v) is 12.7. The Kier molecular flexibility index (Phi) is 4.35. The fourth-order valence-corrected chi connectivity index (χ4v) is 1.89. The molecule has 2 aromatic carbocycles. The van der Waals surface area contributed by atoms with Gasteiger partial charge in [-0.3, -0.25) is 0 Å². The van der Waals surface area contributed by atoms with Gasteiger partial charge in [-0.05, 0) is 69.3 Å². The van der Waals surface area contributed by atoms with Crippen LogP contribution in [0.1, 0.15) is 26.3 Å². The van der Waals surface area contributed by atoms with Gasteiger partial charge in [0, 0.05) is 11.2 Å². The summed E-state index contributed by atoms with van der Waals surface area (Å²) in [6.45, 7) is 6.17. The van der Waals surface area contributed by atoms with Crippen LogP contribution in [0.25, 0.3) is 0 Å². The van der Waals surface area contributed by atoms with Gasteiger partial charge in [-0.15, -0.1) is 0 Å². The molecular weight excluding hydrogens is 291 g/mol. The first-order valence-corrected chi connectivity index (χ1v) is 6.87. The van der Waals surface area contributed by atoms with E-state index < -0.39 is 11.7 Å². The molecule has 0 heterocycles. The second-order valence-corrected chi connectivity index (χ2v) is 6.02. The van der Waals surface area contributed by atoms with Crippen molar-refractivity contribution in [3.63, 3.8) is 0 Å². The van der Waals surface area contributed by atoms with Gasteiger partial charge < -0.3 is 10.1 Å². The van der Waals surface area contributed by atoms with E-state index in [2.05, 4.69) is 26.1 Å². The van der Waals surface area contributed by atoms with Gasteiger partial charge in [0.2, 0.25) is 0 Å². The molecule has 0 spiro atoms. The number of halogens is 3. The van der Waals surface area contributed by atoms with Gasteiger partial charge in [0.15, 0.2) is 0 Å². The van der Waals surface area contributed by atoms with Crippen LogP contribution in [0, 0.1) is 0 Å². The second kappa shape index (κ2) is 5.91. The molecule has 0 aromatic heterocycles. The molecule has 0 saturated heterocycles. The molecule has 22 heavy (non-hydrogen) atoms. The summed E-state index contributed by atoms with van der Waals surface area (Å²) >= 11 is 0. The Balaban J connectivity index is 2.05. The number of alkyl halides is 3. The Hall–Kier alpha value is -2.17. The largest absolute Gasteiger partial charge is 0.457 e. The van der Waals surface area contributed by atoms with Crippen molar-refractivity contribution < 1.29 is 17.9 Å². The zero-order chi connectivity index (χ0) is 16.4. The van der Waals surface area contributed by atoms with Crippen LogP contribution < -0.4 is 10.1 Å². The summed E-state index contributed by atoms with van der Waals surface area (Å²) in [6.07, 6.45) is -4.33. The molecule has 0 unspecified atom stereocenters. The molecule has 0 saturated carbocycles. The molecule has 2 rings (SSSR count). The van der Waals surface area contributed by atoms with E-state index in [1.807, 2.05) is 12.1 Å². The molecular formula is C17H18F3NO. The SMILES string of the molecule is CC(C)(C)Nc1ccc(Oc2ccc(C(F)(F)F)cc2)cc1. The van der Waals surface area contributed by atoms with E-state index in [9.17, 15) is 13.2 Å². The second-order valence-electron chi connectivity index (χ2n) is 6.02. The molecule has 118 valence electrons. The predicted molar refractivity (Wildman–Crippen MR) is 81.3 cm³/mol. The van der Waals surface area contributed by atoms with Gasteiger partial charge in [0.1, 0.15) is 11.5 Å². The minimum Gasteiger partial charge on any atom is -0.457 e. The van der Waals surface area contributed by atoms with E-state index in [4.69, 9.17) is 4.74 Å². The van der Waals surface area contributed by atoms with Crippen molar-refractivity contribution >= 4 is 5.69 Å². The lowest BCUT2D eigenvalue weighted by atomic mass is 10.1. The van der Waals surface area contributed by atoms with Gasteiger partial charge in [0.25, 0.3) is 0 Å². The third-order valence-corrected chi connectivity index (χ3v) is 2.79. The molecule has 0 bridgehead atoms. The Morgan fingerprint density at radius 3 is 1.64 bits per heavy atom. The Bertz CT molecular complexity index is 610. The number of benzene rings is 2. The molecule has 0 fully saturated rings. The van der Waals surface area contributed by atoms with E-state index in [0.29, 0.717) is 11.5 Å². The highest BCUT2D eigenvalue weighted by atomic mass is 19.4. The number of ether oxygens (including phenoxy) is 1. The van der Waals surface area contributed by atoms with E-state index in [1.165, 1.54) is 12.1 Å². The monoisotopic (exact) mass is 309 g/mol. The summed E-state index contributed by atoms with van der Waals surface area (Å²) in [5.41, 5.74) is 0.215. The molecule has 0 aliphatic rings. The van der Waals surface area contributed by atoms with Crippen molar-refractivity contribution in [2.45, 2.75) is 32.5 Å². The summed E-state index contributed by atoms with van der Waals surface area (Å²) < 4.78 is 43.0. The first-order valence-electron chi connectivity index (χ1n) is 6.87. The maximum atomic E-state index is 12.5. The van der Waals surface area contributed by atoms with Crippen LogP contribution in [0.4, 0.5) is 18.9 Å². The topological polar surface area (TPSA) is 21.3 Å². The molecule has 0 atom stereocenters. The van der Waals surface area contributed by atoms with Crippen molar-refractivity contribution in [2.24, 2.45) is 0 Å².